The van der Waals surface area contributed by atoms with Crippen molar-refractivity contribution in [3.63, 3.8) is 0 Å². The van der Waals surface area contributed by atoms with Gasteiger partial charge in [0.1, 0.15) is 5.75 Å². The predicted octanol–water partition coefficient (Wildman–Crippen LogP) is 5.52. The van der Waals surface area contributed by atoms with E-state index in [0.29, 0.717) is 24.3 Å². The number of benzene rings is 1. The highest BCUT2D eigenvalue weighted by Crippen LogP contribution is 2.61. The summed E-state index contributed by atoms with van der Waals surface area (Å²) in [5.74, 6) is -9.55. The van der Waals surface area contributed by atoms with Crippen molar-refractivity contribution in [3.8, 4) is 5.75 Å². The quantitative estimate of drug-likeness (QED) is 0.126. The molecule has 17 heteroatoms. The average molecular weight is 624 g/mol. The Morgan fingerprint density at radius 3 is 1.78 bits per heavy atom. The van der Waals surface area contributed by atoms with Gasteiger partial charge in [-0.2, -0.15) is 43.5 Å². The second-order valence-electron chi connectivity index (χ2n) is 10.8. The Kier molecular flexibility index (Phi) is 7.91. The van der Waals surface area contributed by atoms with E-state index in [1.54, 1.807) is 0 Å². The van der Waals surface area contributed by atoms with Crippen molar-refractivity contribution in [2.24, 2.45) is 23.2 Å². The molecule has 4 bridgehead atoms. The van der Waals surface area contributed by atoms with E-state index in [2.05, 4.69) is 9.47 Å². The number of ether oxygens (including phenoxy) is 3. The molecule has 0 spiro atoms. The zero-order valence-electron chi connectivity index (χ0n) is 20.9. The molecule has 4 fully saturated rings. The zero-order valence-corrected chi connectivity index (χ0v) is 21.8. The second kappa shape index (κ2) is 10.3. The first-order valence-corrected chi connectivity index (χ1v) is 13.8. The number of rotatable bonds is 9. The molecule has 0 heterocycles. The minimum atomic E-state index is -6.10. The molecule has 8 nitrogen and oxygen atoms in total. The molecular formula is C24H24F8O8S. The Balaban J connectivity index is 1.66. The largest absolute Gasteiger partial charge is 0.468 e. The molecule has 0 saturated heterocycles. The van der Waals surface area contributed by atoms with Crippen LogP contribution in [-0.4, -0.2) is 48.7 Å². The number of alkyl halides is 8. The summed E-state index contributed by atoms with van der Waals surface area (Å²) in [4.78, 5) is 26.3. The van der Waals surface area contributed by atoms with Gasteiger partial charge >= 0.3 is 45.5 Å². The molecule has 1 unspecified atom stereocenters. The molecule has 1 aromatic carbocycles. The summed E-state index contributed by atoms with van der Waals surface area (Å²) in [6.07, 6.45) is -10.2. The van der Waals surface area contributed by atoms with Gasteiger partial charge in [-0.25, -0.2) is 4.79 Å². The molecule has 1 atom stereocenters. The van der Waals surface area contributed by atoms with Crippen LogP contribution in [0.1, 0.15) is 50.5 Å². The van der Waals surface area contributed by atoms with Gasteiger partial charge in [-0.3, -0.25) is 9.35 Å². The summed E-state index contributed by atoms with van der Waals surface area (Å²) in [7, 11) is -6.10. The minimum absolute atomic E-state index is 0.0163. The summed E-state index contributed by atoms with van der Waals surface area (Å²) in [6, 6.07) is 1.75. The summed E-state index contributed by atoms with van der Waals surface area (Å²) in [5, 5.41) is -5.01. The third-order valence-electron chi connectivity index (χ3n) is 7.82. The van der Waals surface area contributed by atoms with Crippen LogP contribution in [0.2, 0.25) is 0 Å². The summed E-state index contributed by atoms with van der Waals surface area (Å²) >= 11 is 0. The molecule has 230 valence electrons. The molecule has 0 radical (unpaired) electrons. The van der Waals surface area contributed by atoms with Gasteiger partial charge in [0, 0.05) is 0 Å². The molecule has 5 rings (SSSR count). The number of hydrogen-bond acceptors (Lipinski definition) is 7. The lowest BCUT2D eigenvalue weighted by molar-refractivity contribution is -0.357. The fourth-order valence-electron chi connectivity index (χ4n) is 6.31. The van der Waals surface area contributed by atoms with E-state index in [1.807, 2.05) is 0 Å². The van der Waals surface area contributed by atoms with E-state index in [0.717, 1.165) is 19.3 Å². The van der Waals surface area contributed by atoms with E-state index in [-0.39, 0.29) is 37.0 Å². The van der Waals surface area contributed by atoms with Gasteiger partial charge in [-0.1, -0.05) is 0 Å². The Hall–Kier alpha value is -2.53. The van der Waals surface area contributed by atoms with Gasteiger partial charge in [0.05, 0.1) is 24.0 Å². The molecule has 1 aromatic rings. The van der Waals surface area contributed by atoms with Crippen LogP contribution >= 0.6 is 0 Å². The Morgan fingerprint density at radius 1 is 0.878 bits per heavy atom. The second-order valence-corrected chi connectivity index (χ2v) is 12.4. The molecular weight excluding hydrogens is 600 g/mol. The van der Waals surface area contributed by atoms with Crippen molar-refractivity contribution in [1.29, 1.82) is 0 Å². The predicted molar refractivity (Wildman–Crippen MR) is 120 cm³/mol. The standard InChI is InChI=1S/C24H24F8O8S/c25-21(26,41(35,36)37)5-6-38-22(24(30,31)32,19(34)39-17-3-1-16(2-4-17)23(27,28)29)40-18(33)20-10-13-7-14(11-20)9-15(8-13)12-20/h1-4,13-15H,5-12H2,(H,35,36,37). The summed E-state index contributed by atoms with van der Waals surface area (Å²) in [5.41, 5.74) is -2.67. The van der Waals surface area contributed by atoms with Crippen LogP contribution in [0.5, 0.6) is 5.75 Å². The lowest BCUT2D eigenvalue weighted by Gasteiger charge is -2.55. The molecule has 1 N–H and O–H groups in total. The van der Waals surface area contributed by atoms with E-state index >= 15 is 0 Å². The highest BCUT2D eigenvalue weighted by Gasteiger charge is 2.70. The number of esters is 2. The molecule has 4 aliphatic carbocycles. The first-order chi connectivity index (χ1) is 18.7. The number of carbonyl (C=O) groups is 2. The van der Waals surface area contributed by atoms with Gasteiger partial charge in [0.2, 0.25) is 0 Å². The van der Waals surface area contributed by atoms with E-state index in [9.17, 15) is 53.1 Å². The average Bonchev–Trinajstić information content (AvgIpc) is 2.80. The third kappa shape index (κ3) is 6.16. The Bertz CT molecular complexity index is 1240. The topological polar surface area (TPSA) is 116 Å². The third-order valence-corrected chi connectivity index (χ3v) is 8.78. The van der Waals surface area contributed by atoms with Crippen LogP contribution < -0.4 is 4.74 Å². The monoisotopic (exact) mass is 624 g/mol. The van der Waals surface area contributed by atoms with Crippen molar-refractivity contribution < 1.29 is 71.9 Å². The highest BCUT2D eigenvalue weighted by molar-refractivity contribution is 7.86. The van der Waals surface area contributed by atoms with Crippen LogP contribution in [0, 0.1) is 23.2 Å². The minimum Gasteiger partial charge on any atom is -0.421 e. The maximum absolute atomic E-state index is 14.5. The van der Waals surface area contributed by atoms with Gasteiger partial charge in [-0.15, -0.1) is 0 Å². The van der Waals surface area contributed by atoms with Gasteiger partial charge < -0.3 is 14.2 Å². The molecule has 0 amide bonds. The van der Waals surface area contributed by atoms with Crippen molar-refractivity contribution >= 4 is 22.1 Å². The van der Waals surface area contributed by atoms with Gasteiger partial charge in [-0.05, 0) is 80.5 Å². The lowest BCUT2D eigenvalue weighted by atomic mass is 9.49. The van der Waals surface area contributed by atoms with Gasteiger partial charge in [0.25, 0.3) is 0 Å². The fourth-order valence-corrected chi connectivity index (χ4v) is 6.65. The van der Waals surface area contributed by atoms with Crippen molar-refractivity contribution in [1.82, 2.24) is 0 Å². The smallest absolute Gasteiger partial charge is 0.421 e. The van der Waals surface area contributed by atoms with Crippen molar-refractivity contribution in [2.75, 3.05) is 6.61 Å². The Morgan fingerprint density at radius 2 is 1.37 bits per heavy atom. The molecule has 0 aliphatic heterocycles. The SMILES string of the molecule is O=C(OC(OCCC(F)(F)S(=O)(=O)O)(C(=O)Oc1ccc(C(F)(F)F)cc1)C(F)(F)F)C12CC3CC(CC(C3)C1)C2. The first-order valence-electron chi connectivity index (χ1n) is 12.4. The lowest BCUT2D eigenvalue weighted by Crippen LogP contribution is -2.62. The molecule has 4 aliphatic rings. The fraction of sp³-hybridized carbons (Fsp3) is 0.667. The van der Waals surface area contributed by atoms with Gasteiger partial charge in [0.15, 0.2) is 0 Å². The van der Waals surface area contributed by atoms with Crippen LogP contribution in [0.15, 0.2) is 24.3 Å². The van der Waals surface area contributed by atoms with Crippen LogP contribution in [0.4, 0.5) is 35.1 Å². The number of halogens is 8. The van der Waals surface area contributed by atoms with Crippen molar-refractivity contribution in [2.45, 2.75) is 68.3 Å². The van der Waals surface area contributed by atoms with E-state index in [1.165, 1.54) is 0 Å². The Labute approximate surface area is 228 Å². The van der Waals surface area contributed by atoms with Crippen LogP contribution in [-0.2, 0) is 35.4 Å². The number of hydrogen-bond donors (Lipinski definition) is 1. The molecule has 41 heavy (non-hydrogen) atoms. The van der Waals surface area contributed by atoms with Crippen LogP contribution in [0.25, 0.3) is 0 Å². The summed E-state index contributed by atoms with van der Waals surface area (Å²) in [6.45, 7) is -1.89. The van der Waals surface area contributed by atoms with E-state index in [4.69, 9.17) is 9.29 Å². The number of carbonyl (C=O) groups excluding carboxylic acids is 2. The maximum atomic E-state index is 14.5. The first kappa shape index (κ1) is 31.4. The maximum Gasteiger partial charge on any atom is 0.468 e. The van der Waals surface area contributed by atoms with Crippen molar-refractivity contribution in [3.05, 3.63) is 29.8 Å². The molecule has 0 aromatic heterocycles. The highest BCUT2D eigenvalue weighted by atomic mass is 32.2. The zero-order chi connectivity index (χ0) is 30.6. The normalized spacial score (nSPS) is 27.8. The summed E-state index contributed by atoms with van der Waals surface area (Å²) < 4.78 is 154. The van der Waals surface area contributed by atoms with E-state index < -0.39 is 75.2 Å². The van der Waals surface area contributed by atoms with Crippen LogP contribution in [0.3, 0.4) is 0 Å². The molecule has 4 saturated carbocycles.